The van der Waals surface area contributed by atoms with Crippen molar-refractivity contribution >= 4 is 47.4 Å². The second kappa shape index (κ2) is 17.2. The molecule has 0 heterocycles. The fourth-order valence-corrected chi connectivity index (χ4v) is 5.98. The Morgan fingerprint density at radius 2 is 0.925 bits per heavy atom. The molecule has 0 bridgehead atoms. The van der Waals surface area contributed by atoms with Crippen molar-refractivity contribution in [2.75, 3.05) is 50.3 Å². The van der Waals surface area contributed by atoms with Gasteiger partial charge in [-0.1, -0.05) is 50.3 Å². The number of ether oxygens (including phenoxy) is 6. The molecule has 0 aliphatic heterocycles. The molecule has 2 N–H and O–H groups in total. The zero-order chi connectivity index (χ0) is 38.8. The minimum atomic E-state index is -1.38. The molecule has 2 aliphatic rings. The number of hydrogen-bond donors (Lipinski definition) is 2. The summed E-state index contributed by atoms with van der Waals surface area (Å²) in [6.07, 6.45) is 2.10. The Balaban J connectivity index is 1.18. The summed E-state index contributed by atoms with van der Waals surface area (Å²) >= 11 is 0. The first-order valence-electron chi connectivity index (χ1n) is 17.3. The minimum Gasteiger partial charge on any atom is -0.465 e. The van der Waals surface area contributed by atoms with E-state index in [2.05, 4.69) is 23.8 Å². The molecule has 2 aliphatic carbocycles. The van der Waals surface area contributed by atoms with Crippen molar-refractivity contribution in [2.24, 2.45) is 22.7 Å². The van der Waals surface area contributed by atoms with Crippen LogP contribution in [0.5, 0.6) is 0 Å². The van der Waals surface area contributed by atoms with Gasteiger partial charge in [0.25, 0.3) is 0 Å². The predicted octanol–water partition coefficient (Wildman–Crippen LogP) is 5.71. The fourth-order valence-electron chi connectivity index (χ4n) is 5.98. The summed E-state index contributed by atoms with van der Waals surface area (Å²) in [5.41, 5.74) is -0.349. The number of anilines is 2. The van der Waals surface area contributed by atoms with Gasteiger partial charge in [-0.3, -0.25) is 29.8 Å². The van der Waals surface area contributed by atoms with Gasteiger partial charge in [0.05, 0.1) is 13.2 Å². The van der Waals surface area contributed by atoms with E-state index in [1.807, 2.05) is 38.1 Å². The van der Waals surface area contributed by atoms with Crippen molar-refractivity contribution in [3.63, 3.8) is 0 Å². The number of rotatable bonds is 18. The van der Waals surface area contributed by atoms with E-state index in [9.17, 15) is 28.8 Å². The highest BCUT2D eigenvalue weighted by Crippen LogP contribution is 2.56. The maximum atomic E-state index is 12.6. The molecule has 4 unspecified atom stereocenters. The van der Waals surface area contributed by atoms with Crippen molar-refractivity contribution in [3.05, 3.63) is 85.0 Å². The average molecular weight is 735 g/mol. The highest BCUT2D eigenvalue weighted by molar-refractivity contribution is 6.05. The number of allylic oxidation sites excluding steroid dienone is 2. The molecule has 14 heteroatoms. The van der Waals surface area contributed by atoms with Gasteiger partial charge < -0.3 is 28.4 Å². The highest BCUT2D eigenvalue weighted by atomic mass is 16.6. The first kappa shape index (κ1) is 40.1. The molecule has 14 nitrogen and oxygen atoms in total. The van der Waals surface area contributed by atoms with Crippen molar-refractivity contribution in [1.82, 2.24) is 0 Å². The van der Waals surface area contributed by atoms with E-state index in [1.54, 1.807) is 38.1 Å². The summed E-state index contributed by atoms with van der Waals surface area (Å²) in [6.45, 7) is 14.0. The highest BCUT2D eigenvalue weighted by Gasteiger charge is 2.67. The lowest BCUT2D eigenvalue weighted by molar-refractivity contribution is -0.167. The van der Waals surface area contributed by atoms with Gasteiger partial charge in [0, 0.05) is 28.6 Å². The summed E-state index contributed by atoms with van der Waals surface area (Å²) in [4.78, 5) is 74.4. The number of amides is 2. The maximum absolute atomic E-state index is 12.6. The molecule has 53 heavy (non-hydrogen) atoms. The van der Waals surface area contributed by atoms with Gasteiger partial charge in [0.15, 0.2) is 10.8 Å². The fraction of sp³-hybridized carbons (Fsp3) is 0.436. The summed E-state index contributed by atoms with van der Waals surface area (Å²) < 4.78 is 30.7. The number of nitrogens with one attached hydrogen (secondary N) is 2. The number of benzene rings is 2. The van der Waals surface area contributed by atoms with Crippen LogP contribution in [0.25, 0.3) is 0 Å². The van der Waals surface area contributed by atoms with E-state index in [1.165, 1.54) is 12.2 Å². The predicted molar refractivity (Wildman–Crippen MR) is 192 cm³/mol. The lowest BCUT2D eigenvalue weighted by Crippen LogP contribution is -2.32. The Morgan fingerprint density at radius 1 is 0.604 bits per heavy atom. The van der Waals surface area contributed by atoms with Crippen molar-refractivity contribution in [3.8, 4) is 0 Å². The molecule has 2 saturated carbocycles. The van der Waals surface area contributed by atoms with Gasteiger partial charge in [-0.05, 0) is 62.1 Å². The van der Waals surface area contributed by atoms with E-state index < -0.39 is 52.3 Å². The van der Waals surface area contributed by atoms with E-state index in [-0.39, 0.29) is 64.3 Å². The SMILES string of the molecule is C=CC1CC1(C(=O)OCC)C(=O)OCCOC(=O)Nc1ccc(C(C)(C)c2ccc(NC(=O)OCCOC(=O)C3(C(=O)OCC)CC3C=C)cc2)cc1. The third kappa shape index (κ3) is 9.05. The molecule has 2 fully saturated rings. The van der Waals surface area contributed by atoms with Gasteiger partial charge in [-0.2, -0.15) is 0 Å². The van der Waals surface area contributed by atoms with Crippen LogP contribution in [0.1, 0.15) is 51.7 Å². The van der Waals surface area contributed by atoms with Gasteiger partial charge in [-0.25, -0.2) is 9.59 Å². The topological polar surface area (TPSA) is 182 Å². The number of carbonyl (C=O) groups excluding carboxylic acids is 6. The largest absolute Gasteiger partial charge is 0.465 e. The lowest BCUT2D eigenvalue weighted by atomic mass is 9.78. The lowest BCUT2D eigenvalue weighted by Gasteiger charge is -2.26. The van der Waals surface area contributed by atoms with E-state index in [0.717, 1.165) is 11.1 Å². The van der Waals surface area contributed by atoms with Crippen LogP contribution in [0, 0.1) is 22.7 Å². The van der Waals surface area contributed by atoms with Gasteiger partial charge in [-0.15, -0.1) is 13.2 Å². The van der Waals surface area contributed by atoms with Gasteiger partial charge >= 0.3 is 36.1 Å². The van der Waals surface area contributed by atoms with E-state index in [0.29, 0.717) is 11.4 Å². The standard InChI is InChI=1S/C39H46N2O12/c1-7-25-23-38(25,31(42)48-9-3)33(44)50-19-21-52-35(46)40-29-15-11-27(12-16-29)37(5,6)28-13-17-30(18-14-28)41-36(47)53-22-20-51-34(45)39(24-26(39)8-2)32(43)49-10-4/h7-8,11-18,25-26H,1-2,9-10,19-24H2,3-6H3,(H,40,46)(H,41,47). The van der Waals surface area contributed by atoms with Crippen LogP contribution in [0.2, 0.25) is 0 Å². The number of esters is 4. The third-order valence-corrected chi connectivity index (χ3v) is 9.41. The van der Waals surface area contributed by atoms with Crippen LogP contribution in [0.15, 0.2) is 73.8 Å². The number of hydrogen-bond acceptors (Lipinski definition) is 12. The molecule has 0 spiro atoms. The molecule has 4 atom stereocenters. The van der Waals surface area contributed by atoms with Crippen LogP contribution >= 0.6 is 0 Å². The van der Waals surface area contributed by atoms with Crippen LogP contribution in [-0.4, -0.2) is 75.7 Å². The molecule has 2 aromatic rings. The Morgan fingerprint density at radius 3 is 1.23 bits per heavy atom. The zero-order valence-corrected chi connectivity index (χ0v) is 30.4. The number of carbonyl (C=O) groups is 6. The molecule has 2 aromatic carbocycles. The van der Waals surface area contributed by atoms with Crippen LogP contribution in [0.3, 0.4) is 0 Å². The Bertz CT molecular complexity index is 1580. The Labute approximate surface area is 308 Å². The van der Waals surface area contributed by atoms with Crippen LogP contribution in [-0.2, 0) is 53.0 Å². The first-order valence-corrected chi connectivity index (χ1v) is 17.3. The first-order chi connectivity index (χ1) is 25.3. The molecule has 284 valence electrons. The molecule has 2 amide bonds. The van der Waals surface area contributed by atoms with Crippen molar-refractivity contribution in [1.29, 1.82) is 0 Å². The smallest absolute Gasteiger partial charge is 0.411 e. The van der Waals surface area contributed by atoms with Crippen molar-refractivity contribution in [2.45, 2.75) is 46.0 Å². The van der Waals surface area contributed by atoms with Gasteiger partial charge in [0.1, 0.15) is 26.4 Å². The second-order valence-corrected chi connectivity index (χ2v) is 13.0. The van der Waals surface area contributed by atoms with Gasteiger partial charge in [0.2, 0.25) is 0 Å². The summed E-state index contributed by atoms with van der Waals surface area (Å²) in [5.74, 6) is -3.46. The molecular formula is C39H46N2O12. The average Bonchev–Trinajstić information content (AvgIpc) is 4.06. The van der Waals surface area contributed by atoms with E-state index in [4.69, 9.17) is 28.4 Å². The van der Waals surface area contributed by atoms with Crippen LogP contribution in [0.4, 0.5) is 21.0 Å². The molecule has 0 saturated heterocycles. The zero-order valence-electron chi connectivity index (χ0n) is 30.4. The molecule has 0 radical (unpaired) electrons. The quantitative estimate of drug-likeness (QED) is 0.0627. The summed E-state index contributed by atoms with van der Waals surface area (Å²) in [6, 6.07) is 14.4. The molecular weight excluding hydrogens is 688 g/mol. The molecule has 4 rings (SSSR count). The monoisotopic (exact) mass is 734 g/mol. The normalized spacial score (nSPS) is 21.1. The minimum absolute atomic E-state index is 0.136. The van der Waals surface area contributed by atoms with E-state index >= 15 is 0 Å². The molecule has 0 aromatic heterocycles. The third-order valence-electron chi connectivity index (χ3n) is 9.41. The van der Waals surface area contributed by atoms with Crippen LogP contribution < -0.4 is 10.6 Å². The Hall–Kier alpha value is -5.66. The maximum Gasteiger partial charge on any atom is 0.411 e. The second-order valence-electron chi connectivity index (χ2n) is 13.0. The Kier molecular flexibility index (Phi) is 13.0. The summed E-state index contributed by atoms with van der Waals surface area (Å²) in [5, 5.41) is 5.25. The van der Waals surface area contributed by atoms with Crippen molar-refractivity contribution < 1.29 is 57.2 Å². The summed E-state index contributed by atoms with van der Waals surface area (Å²) in [7, 11) is 0.